The summed E-state index contributed by atoms with van der Waals surface area (Å²) in [6.07, 6.45) is 0.858. The Morgan fingerprint density at radius 2 is 2.18 bits per heavy atom. The second kappa shape index (κ2) is 6.15. The van der Waals surface area contributed by atoms with E-state index in [2.05, 4.69) is 20.7 Å². The number of halogens is 1. The molecule has 0 atom stereocenters. The number of unbranched alkanes of at least 4 members (excludes halogenated alkanes) is 1. The molecule has 0 aromatic heterocycles. The molecule has 0 fully saturated rings. The summed E-state index contributed by atoms with van der Waals surface area (Å²) < 4.78 is 26.8. The Hall–Kier alpha value is -0.900. The molecule has 0 radical (unpaired) electrons. The normalized spacial score (nSPS) is 11.1. The van der Waals surface area contributed by atoms with Gasteiger partial charge in [-0.3, -0.25) is 0 Å². The fraction of sp³-hybridized carbons (Fsp3) is 0.364. The lowest BCUT2D eigenvalue weighted by Crippen LogP contribution is -2.25. The standard InChI is InChI=1S/C11H13BrN2O2S/c1-9-4-5-11(10(12)8-9)17(15,16)14-7-3-2-6-13/h4-5,8,14H,2-3,7H2,1H3. The third kappa shape index (κ3) is 4.11. The molecule has 1 aromatic carbocycles. The van der Waals surface area contributed by atoms with E-state index in [1.165, 1.54) is 0 Å². The molecule has 1 rings (SSSR count). The van der Waals surface area contributed by atoms with Crippen molar-refractivity contribution in [2.45, 2.75) is 24.7 Å². The first-order valence-corrected chi connectivity index (χ1v) is 7.38. The second-order valence-electron chi connectivity index (χ2n) is 3.59. The van der Waals surface area contributed by atoms with Gasteiger partial charge in [0.2, 0.25) is 10.0 Å². The largest absolute Gasteiger partial charge is 0.241 e. The fourth-order valence-electron chi connectivity index (χ4n) is 1.28. The Kier molecular flexibility index (Phi) is 5.12. The van der Waals surface area contributed by atoms with Crippen molar-refractivity contribution >= 4 is 26.0 Å². The van der Waals surface area contributed by atoms with E-state index < -0.39 is 10.0 Å². The van der Waals surface area contributed by atoms with E-state index >= 15 is 0 Å². The minimum atomic E-state index is -3.49. The Morgan fingerprint density at radius 3 is 2.76 bits per heavy atom. The van der Waals surface area contributed by atoms with Crippen molar-refractivity contribution in [3.63, 3.8) is 0 Å². The van der Waals surface area contributed by atoms with E-state index in [0.717, 1.165) is 5.56 Å². The quantitative estimate of drug-likeness (QED) is 0.848. The SMILES string of the molecule is Cc1ccc(S(=O)(=O)NCCCC#N)c(Br)c1. The van der Waals surface area contributed by atoms with Crippen molar-refractivity contribution in [1.29, 1.82) is 5.26 Å². The predicted octanol–water partition coefficient (Wildman–Crippen LogP) is 2.34. The van der Waals surface area contributed by atoms with Crippen LogP contribution in [0.25, 0.3) is 0 Å². The van der Waals surface area contributed by atoms with Crippen molar-refractivity contribution in [2.75, 3.05) is 6.54 Å². The molecule has 0 spiro atoms. The maximum atomic E-state index is 11.9. The van der Waals surface area contributed by atoms with E-state index in [1.807, 2.05) is 13.0 Å². The highest BCUT2D eigenvalue weighted by Crippen LogP contribution is 2.22. The van der Waals surface area contributed by atoms with Gasteiger partial charge in [-0.25, -0.2) is 13.1 Å². The van der Waals surface area contributed by atoms with Crippen LogP contribution in [0.5, 0.6) is 0 Å². The van der Waals surface area contributed by atoms with Gasteiger partial charge < -0.3 is 0 Å². The molecule has 0 heterocycles. The Morgan fingerprint density at radius 1 is 1.47 bits per heavy atom. The number of nitrogens with one attached hydrogen (secondary N) is 1. The van der Waals surface area contributed by atoms with Gasteiger partial charge in [-0.1, -0.05) is 6.07 Å². The molecule has 17 heavy (non-hydrogen) atoms. The third-order valence-corrected chi connectivity index (χ3v) is 4.57. The van der Waals surface area contributed by atoms with E-state index in [-0.39, 0.29) is 11.4 Å². The number of sulfonamides is 1. The van der Waals surface area contributed by atoms with E-state index in [9.17, 15) is 8.42 Å². The summed E-state index contributed by atoms with van der Waals surface area (Å²) in [7, 11) is -3.49. The molecule has 0 unspecified atom stereocenters. The molecule has 0 saturated carbocycles. The summed E-state index contributed by atoms with van der Waals surface area (Å²) >= 11 is 3.23. The lowest BCUT2D eigenvalue weighted by molar-refractivity contribution is 0.579. The highest BCUT2D eigenvalue weighted by molar-refractivity contribution is 9.10. The molecular formula is C11H13BrN2O2S. The average molecular weight is 317 g/mol. The number of rotatable bonds is 5. The molecule has 0 saturated heterocycles. The first-order chi connectivity index (χ1) is 7.97. The monoisotopic (exact) mass is 316 g/mol. The zero-order valence-electron chi connectivity index (χ0n) is 9.40. The fourth-order valence-corrected chi connectivity index (χ4v) is 3.54. The topological polar surface area (TPSA) is 70.0 Å². The lowest BCUT2D eigenvalue weighted by Gasteiger charge is -2.08. The number of aryl methyl sites for hydroxylation is 1. The Labute approximate surface area is 110 Å². The van der Waals surface area contributed by atoms with Gasteiger partial charge in [0.05, 0.1) is 11.0 Å². The summed E-state index contributed by atoms with van der Waals surface area (Å²) in [5.41, 5.74) is 0.986. The van der Waals surface area contributed by atoms with Crippen LogP contribution >= 0.6 is 15.9 Å². The van der Waals surface area contributed by atoms with Crippen LogP contribution < -0.4 is 4.72 Å². The number of nitrogens with zero attached hydrogens (tertiary/aromatic N) is 1. The molecule has 0 amide bonds. The van der Waals surface area contributed by atoms with Gasteiger partial charge in [-0.2, -0.15) is 5.26 Å². The van der Waals surface area contributed by atoms with Gasteiger partial charge in [-0.05, 0) is 47.0 Å². The minimum absolute atomic E-state index is 0.222. The van der Waals surface area contributed by atoms with Crippen LogP contribution in [-0.2, 0) is 10.0 Å². The van der Waals surface area contributed by atoms with Gasteiger partial charge >= 0.3 is 0 Å². The van der Waals surface area contributed by atoms with Gasteiger partial charge in [0, 0.05) is 17.4 Å². The number of nitriles is 1. The van der Waals surface area contributed by atoms with Crippen molar-refractivity contribution in [2.24, 2.45) is 0 Å². The minimum Gasteiger partial charge on any atom is -0.211 e. The maximum absolute atomic E-state index is 11.9. The number of hydrogen-bond acceptors (Lipinski definition) is 3. The van der Waals surface area contributed by atoms with Gasteiger partial charge in [0.1, 0.15) is 0 Å². The zero-order valence-corrected chi connectivity index (χ0v) is 11.8. The van der Waals surface area contributed by atoms with Gasteiger partial charge in [-0.15, -0.1) is 0 Å². The molecule has 92 valence electrons. The Balaban J connectivity index is 2.80. The molecule has 0 aliphatic rings. The van der Waals surface area contributed by atoms with Gasteiger partial charge in [0.15, 0.2) is 0 Å². The zero-order chi connectivity index (χ0) is 12.9. The first kappa shape index (κ1) is 14.2. The summed E-state index contributed by atoms with van der Waals surface area (Å²) in [6.45, 7) is 2.16. The van der Waals surface area contributed by atoms with E-state index in [1.54, 1.807) is 18.2 Å². The molecule has 1 aromatic rings. The van der Waals surface area contributed by atoms with Crippen molar-refractivity contribution in [3.8, 4) is 6.07 Å². The predicted molar refractivity (Wildman–Crippen MR) is 68.9 cm³/mol. The van der Waals surface area contributed by atoms with Crippen LogP contribution in [0.1, 0.15) is 18.4 Å². The highest BCUT2D eigenvalue weighted by atomic mass is 79.9. The summed E-state index contributed by atoms with van der Waals surface area (Å²) in [4.78, 5) is 0.222. The van der Waals surface area contributed by atoms with Crippen LogP contribution in [0, 0.1) is 18.3 Å². The third-order valence-electron chi connectivity index (χ3n) is 2.13. The van der Waals surface area contributed by atoms with Crippen LogP contribution in [0.3, 0.4) is 0 Å². The van der Waals surface area contributed by atoms with Gasteiger partial charge in [0.25, 0.3) is 0 Å². The van der Waals surface area contributed by atoms with Crippen LogP contribution in [0.15, 0.2) is 27.6 Å². The highest BCUT2D eigenvalue weighted by Gasteiger charge is 2.16. The average Bonchev–Trinajstić information content (AvgIpc) is 2.24. The second-order valence-corrected chi connectivity index (χ2v) is 6.18. The lowest BCUT2D eigenvalue weighted by atomic mass is 10.2. The van der Waals surface area contributed by atoms with Crippen molar-refractivity contribution < 1.29 is 8.42 Å². The Bertz CT molecular complexity index is 535. The molecule has 0 aliphatic carbocycles. The maximum Gasteiger partial charge on any atom is 0.241 e. The van der Waals surface area contributed by atoms with Crippen LogP contribution in [0.4, 0.5) is 0 Å². The molecule has 0 bridgehead atoms. The number of benzene rings is 1. The molecule has 1 N–H and O–H groups in total. The summed E-state index contributed by atoms with van der Waals surface area (Å²) in [6, 6.07) is 7.03. The van der Waals surface area contributed by atoms with E-state index in [4.69, 9.17) is 5.26 Å². The van der Waals surface area contributed by atoms with E-state index in [0.29, 0.717) is 17.3 Å². The summed E-state index contributed by atoms with van der Waals surface area (Å²) in [5, 5.41) is 8.35. The molecular weight excluding hydrogens is 304 g/mol. The summed E-state index contributed by atoms with van der Waals surface area (Å²) in [5.74, 6) is 0. The first-order valence-electron chi connectivity index (χ1n) is 5.10. The molecule has 6 heteroatoms. The molecule has 0 aliphatic heterocycles. The van der Waals surface area contributed by atoms with Crippen molar-refractivity contribution in [1.82, 2.24) is 4.72 Å². The smallest absolute Gasteiger partial charge is 0.211 e. The van der Waals surface area contributed by atoms with Crippen LogP contribution in [0.2, 0.25) is 0 Å². The van der Waals surface area contributed by atoms with Crippen molar-refractivity contribution in [3.05, 3.63) is 28.2 Å². The molecule has 4 nitrogen and oxygen atoms in total. The number of hydrogen-bond donors (Lipinski definition) is 1. The van der Waals surface area contributed by atoms with Crippen LogP contribution in [-0.4, -0.2) is 15.0 Å².